The van der Waals surface area contributed by atoms with Gasteiger partial charge in [-0.05, 0) is 26.7 Å². The SMILES string of the molecule is Cc1cc2nnc(SCC(=O)N3CCOC4CCCCC43)n2c(C)n1. The molecule has 1 aliphatic heterocycles. The molecule has 0 aromatic carbocycles. The summed E-state index contributed by atoms with van der Waals surface area (Å²) in [6.45, 7) is 5.22. The molecule has 2 aromatic rings. The first kappa shape index (κ1) is 16.8. The van der Waals surface area contributed by atoms with Gasteiger partial charge in [0.1, 0.15) is 5.82 Å². The standard InChI is InChI=1S/C17H23N5O2S/c1-11-9-15-19-20-17(22(15)12(2)18-11)25-10-16(23)21-7-8-24-14-6-4-3-5-13(14)21/h9,13-14H,3-8,10H2,1-2H3. The van der Waals surface area contributed by atoms with Crippen LogP contribution in [0, 0.1) is 13.8 Å². The van der Waals surface area contributed by atoms with Gasteiger partial charge in [0.2, 0.25) is 5.91 Å². The molecule has 2 aliphatic rings. The summed E-state index contributed by atoms with van der Waals surface area (Å²) >= 11 is 1.44. The summed E-state index contributed by atoms with van der Waals surface area (Å²) in [6, 6.07) is 2.15. The van der Waals surface area contributed by atoms with Gasteiger partial charge in [0.25, 0.3) is 0 Å². The zero-order chi connectivity index (χ0) is 17.4. The van der Waals surface area contributed by atoms with Gasteiger partial charge in [0.05, 0.1) is 24.5 Å². The van der Waals surface area contributed by atoms with Crippen LogP contribution in [0.5, 0.6) is 0 Å². The normalized spacial score (nSPS) is 23.7. The van der Waals surface area contributed by atoms with Gasteiger partial charge in [-0.15, -0.1) is 10.2 Å². The second kappa shape index (κ2) is 6.92. The van der Waals surface area contributed by atoms with Crippen LogP contribution in [0.4, 0.5) is 0 Å². The van der Waals surface area contributed by atoms with Gasteiger partial charge in [-0.1, -0.05) is 24.6 Å². The third kappa shape index (κ3) is 3.25. The minimum absolute atomic E-state index is 0.166. The second-order valence-corrected chi connectivity index (χ2v) is 7.70. The van der Waals surface area contributed by atoms with Crippen molar-refractivity contribution in [2.24, 2.45) is 0 Å². The highest BCUT2D eigenvalue weighted by molar-refractivity contribution is 7.99. The Hall–Kier alpha value is -1.67. The fourth-order valence-electron chi connectivity index (χ4n) is 3.91. The molecular formula is C17H23N5O2S. The van der Waals surface area contributed by atoms with E-state index in [1.165, 1.54) is 24.6 Å². The lowest BCUT2D eigenvalue weighted by Crippen LogP contribution is -2.55. The fourth-order valence-corrected chi connectivity index (χ4v) is 4.78. The molecule has 2 unspecified atom stereocenters. The number of carbonyl (C=O) groups excluding carboxylic acids is 1. The number of aryl methyl sites for hydroxylation is 2. The molecule has 25 heavy (non-hydrogen) atoms. The number of hydrogen-bond acceptors (Lipinski definition) is 6. The van der Waals surface area contributed by atoms with E-state index in [2.05, 4.69) is 15.2 Å². The Morgan fingerprint density at radius 2 is 2.16 bits per heavy atom. The predicted molar refractivity (Wildman–Crippen MR) is 94.7 cm³/mol. The Bertz CT molecular complexity index is 791. The Morgan fingerprint density at radius 1 is 1.32 bits per heavy atom. The van der Waals surface area contributed by atoms with Gasteiger partial charge in [0, 0.05) is 18.3 Å². The lowest BCUT2D eigenvalue weighted by atomic mass is 9.90. The minimum atomic E-state index is 0.166. The van der Waals surface area contributed by atoms with Crippen LogP contribution in [0.3, 0.4) is 0 Å². The van der Waals surface area contributed by atoms with Gasteiger partial charge >= 0.3 is 0 Å². The number of carbonyl (C=O) groups is 1. The molecule has 1 aliphatic carbocycles. The topological polar surface area (TPSA) is 72.6 Å². The molecule has 0 N–H and O–H groups in total. The van der Waals surface area contributed by atoms with Crippen molar-refractivity contribution in [2.75, 3.05) is 18.9 Å². The highest BCUT2D eigenvalue weighted by Gasteiger charge is 2.36. The van der Waals surface area contributed by atoms with Crippen LogP contribution in [0.2, 0.25) is 0 Å². The van der Waals surface area contributed by atoms with Gasteiger partial charge in [-0.25, -0.2) is 4.98 Å². The van der Waals surface area contributed by atoms with Crippen LogP contribution in [0.1, 0.15) is 37.2 Å². The molecule has 2 aromatic heterocycles. The van der Waals surface area contributed by atoms with Crippen molar-refractivity contribution in [3.63, 3.8) is 0 Å². The number of morpholine rings is 1. The van der Waals surface area contributed by atoms with Crippen molar-refractivity contribution >= 4 is 23.3 Å². The Morgan fingerprint density at radius 3 is 3.04 bits per heavy atom. The molecule has 1 amide bonds. The number of ether oxygens (including phenoxy) is 1. The minimum Gasteiger partial charge on any atom is -0.374 e. The number of rotatable bonds is 3. The van der Waals surface area contributed by atoms with Crippen LogP contribution in [-0.2, 0) is 9.53 Å². The van der Waals surface area contributed by atoms with E-state index in [1.54, 1.807) is 0 Å². The molecule has 2 fully saturated rings. The van der Waals surface area contributed by atoms with Crippen molar-refractivity contribution in [3.8, 4) is 0 Å². The van der Waals surface area contributed by atoms with Crippen molar-refractivity contribution in [1.29, 1.82) is 0 Å². The first-order chi connectivity index (χ1) is 12.1. The van der Waals surface area contributed by atoms with E-state index >= 15 is 0 Å². The van der Waals surface area contributed by atoms with Crippen molar-refractivity contribution in [3.05, 3.63) is 17.6 Å². The van der Waals surface area contributed by atoms with Gasteiger partial charge < -0.3 is 9.64 Å². The molecule has 4 rings (SSSR count). The van der Waals surface area contributed by atoms with E-state index < -0.39 is 0 Å². The molecule has 1 saturated carbocycles. The maximum atomic E-state index is 12.8. The smallest absolute Gasteiger partial charge is 0.233 e. The molecule has 0 bridgehead atoms. The largest absolute Gasteiger partial charge is 0.374 e. The van der Waals surface area contributed by atoms with Crippen molar-refractivity contribution < 1.29 is 9.53 Å². The molecule has 2 atom stereocenters. The molecule has 3 heterocycles. The summed E-state index contributed by atoms with van der Waals surface area (Å²) in [6.07, 6.45) is 4.73. The fraction of sp³-hybridized carbons (Fsp3) is 0.647. The zero-order valence-corrected chi connectivity index (χ0v) is 15.5. The monoisotopic (exact) mass is 361 g/mol. The molecule has 7 nitrogen and oxygen atoms in total. The summed E-state index contributed by atoms with van der Waals surface area (Å²) in [5.41, 5.74) is 1.69. The predicted octanol–water partition coefficient (Wildman–Crippen LogP) is 2.00. The molecule has 0 radical (unpaired) electrons. The maximum absolute atomic E-state index is 12.8. The van der Waals surface area contributed by atoms with Crippen LogP contribution >= 0.6 is 11.8 Å². The second-order valence-electron chi connectivity index (χ2n) is 6.76. The van der Waals surface area contributed by atoms with E-state index in [-0.39, 0.29) is 18.1 Å². The maximum Gasteiger partial charge on any atom is 0.233 e. The van der Waals surface area contributed by atoms with E-state index in [4.69, 9.17) is 4.74 Å². The lowest BCUT2D eigenvalue weighted by molar-refractivity contribution is -0.146. The van der Waals surface area contributed by atoms with Crippen LogP contribution in [0.25, 0.3) is 5.65 Å². The Labute approximate surface area is 151 Å². The van der Waals surface area contributed by atoms with Crippen LogP contribution in [-0.4, -0.2) is 61.4 Å². The third-order valence-electron chi connectivity index (χ3n) is 5.04. The summed E-state index contributed by atoms with van der Waals surface area (Å²) in [5.74, 6) is 1.38. The zero-order valence-electron chi connectivity index (χ0n) is 14.6. The van der Waals surface area contributed by atoms with E-state index in [0.717, 1.165) is 35.2 Å². The van der Waals surface area contributed by atoms with E-state index in [0.29, 0.717) is 18.9 Å². The number of nitrogens with zero attached hydrogens (tertiary/aromatic N) is 5. The van der Waals surface area contributed by atoms with Gasteiger partial charge in [-0.2, -0.15) is 0 Å². The number of thioether (sulfide) groups is 1. The van der Waals surface area contributed by atoms with E-state index in [9.17, 15) is 4.79 Å². The molecular weight excluding hydrogens is 338 g/mol. The average Bonchev–Trinajstić information content (AvgIpc) is 3.02. The molecule has 1 saturated heterocycles. The van der Waals surface area contributed by atoms with Crippen molar-refractivity contribution in [1.82, 2.24) is 24.5 Å². The summed E-state index contributed by atoms with van der Waals surface area (Å²) < 4.78 is 7.77. The molecule has 134 valence electrons. The molecule has 0 spiro atoms. The number of fused-ring (bicyclic) bond motifs is 2. The lowest BCUT2D eigenvalue weighted by Gasteiger charge is -2.43. The number of aromatic nitrogens is 4. The first-order valence-electron chi connectivity index (χ1n) is 8.87. The Kier molecular flexibility index (Phi) is 4.64. The summed E-state index contributed by atoms with van der Waals surface area (Å²) in [4.78, 5) is 19.3. The van der Waals surface area contributed by atoms with E-state index in [1.807, 2.05) is 29.2 Å². The van der Waals surface area contributed by atoms with Gasteiger partial charge in [0.15, 0.2) is 10.8 Å². The van der Waals surface area contributed by atoms with Gasteiger partial charge in [-0.3, -0.25) is 9.20 Å². The summed E-state index contributed by atoms with van der Waals surface area (Å²) in [7, 11) is 0. The highest BCUT2D eigenvalue weighted by Crippen LogP contribution is 2.29. The Balaban J connectivity index is 1.47. The third-order valence-corrected chi connectivity index (χ3v) is 5.95. The summed E-state index contributed by atoms with van der Waals surface area (Å²) in [5, 5.41) is 9.16. The van der Waals surface area contributed by atoms with Crippen LogP contribution < -0.4 is 0 Å². The quantitative estimate of drug-likeness (QED) is 0.779. The number of amides is 1. The van der Waals surface area contributed by atoms with Crippen molar-refractivity contribution in [2.45, 2.75) is 56.8 Å². The highest BCUT2D eigenvalue weighted by atomic mass is 32.2. The number of hydrogen-bond donors (Lipinski definition) is 0. The molecule has 8 heteroatoms. The van der Waals surface area contributed by atoms with Crippen LogP contribution in [0.15, 0.2) is 11.2 Å². The average molecular weight is 361 g/mol. The first-order valence-corrected chi connectivity index (χ1v) is 9.85.